The fraction of sp³-hybridized carbons (Fsp3) is 0.136. The van der Waals surface area contributed by atoms with Crippen molar-refractivity contribution in [1.29, 1.82) is 5.41 Å². The fourth-order valence-electron chi connectivity index (χ4n) is 2.62. The topological polar surface area (TPSA) is 90.1 Å². The third kappa shape index (κ3) is 5.88. The Morgan fingerprint density at radius 1 is 1.38 bits per heavy atom. The number of nitrogens with one attached hydrogen (secondary N) is 3. The zero-order valence-corrected chi connectivity index (χ0v) is 16.6. The number of benzene rings is 1. The van der Waals surface area contributed by atoms with Crippen molar-refractivity contribution in [2.75, 3.05) is 13.2 Å². The predicted molar refractivity (Wildman–Crippen MR) is 120 cm³/mol. The van der Waals surface area contributed by atoms with Crippen molar-refractivity contribution in [2.45, 2.75) is 6.42 Å². The van der Waals surface area contributed by atoms with Crippen LogP contribution in [0, 0.1) is 5.41 Å². The van der Waals surface area contributed by atoms with Crippen molar-refractivity contribution in [2.24, 2.45) is 4.99 Å². The number of aromatic nitrogens is 2. The number of fused-ring (bicyclic) bond motifs is 1. The maximum Gasteiger partial charge on any atom is 0.226 e. The minimum atomic E-state index is 0.283. The molecule has 0 spiro atoms. The molecular formula is C22H22ClN5O. The molecule has 1 aromatic carbocycles. The highest BCUT2D eigenvalue weighted by atomic mass is 35.5. The highest BCUT2D eigenvalue weighted by molar-refractivity contribution is 6.39. The summed E-state index contributed by atoms with van der Waals surface area (Å²) in [7, 11) is 0. The van der Waals surface area contributed by atoms with E-state index in [1.807, 2.05) is 36.5 Å². The number of nitrogens with zero attached hydrogens (tertiary/aromatic N) is 2. The number of hydrogen-bond donors (Lipinski definition) is 3. The van der Waals surface area contributed by atoms with Crippen LogP contribution in [0.1, 0.15) is 12.2 Å². The number of aliphatic imine (C=N–C) groups is 1. The first-order chi connectivity index (χ1) is 14.2. The highest BCUT2D eigenvalue weighted by Gasteiger charge is 2.09. The van der Waals surface area contributed by atoms with Gasteiger partial charge in [-0.25, -0.2) is 4.98 Å². The molecule has 0 aliphatic rings. The Morgan fingerprint density at radius 3 is 3.14 bits per heavy atom. The van der Waals surface area contributed by atoms with Gasteiger partial charge >= 0.3 is 0 Å². The Bertz CT molecular complexity index is 1070. The van der Waals surface area contributed by atoms with Gasteiger partial charge in [-0.3, -0.25) is 15.7 Å². The van der Waals surface area contributed by atoms with Gasteiger partial charge in [0.05, 0.1) is 23.6 Å². The molecule has 3 rings (SSSR count). The zero-order valence-electron chi connectivity index (χ0n) is 15.9. The molecule has 0 atom stereocenters. The number of aromatic amines is 1. The second kappa shape index (κ2) is 10.4. The third-order valence-electron chi connectivity index (χ3n) is 4.04. The van der Waals surface area contributed by atoms with Gasteiger partial charge in [-0.05, 0) is 42.8 Å². The molecule has 2 heterocycles. The van der Waals surface area contributed by atoms with Gasteiger partial charge in [0.15, 0.2) is 5.76 Å². The maximum atomic E-state index is 8.15. The van der Waals surface area contributed by atoms with E-state index in [2.05, 4.69) is 26.9 Å². The van der Waals surface area contributed by atoms with Crippen LogP contribution in [0.5, 0.6) is 0 Å². The number of halogens is 1. The van der Waals surface area contributed by atoms with Crippen molar-refractivity contribution >= 4 is 34.4 Å². The standard InChI is InChI=1S/C22H22ClN5O/c1-2-5-18(23)13-26-15-25-10-4-3-6-19(24)21-14-28-22(29-21)17-7-8-20-16(12-17)9-11-27-20/h2-3,5-9,11-14,24-25,27H,1,4,10,15H2/b6-3-,18-5?,24-19?,26-13?. The van der Waals surface area contributed by atoms with Crippen LogP contribution in [0.2, 0.25) is 0 Å². The van der Waals surface area contributed by atoms with Crippen LogP contribution in [0.15, 0.2) is 82.0 Å². The fourth-order valence-corrected chi connectivity index (χ4v) is 2.78. The van der Waals surface area contributed by atoms with Crippen molar-refractivity contribution in [3.05, 3.63) is 78.3 Å². The van der Waals surface area contributed by atoms with Gasteiger partial charge in [0.25, 0.3) is 0 Å². The van der Waals surface area contributed by atoms with Crippen molar-refractivity contribution in [3.8, 4) is 11.5 Å². The molecule has 0 radical (unpaired) electrons. The van der Waals surface area contributed by atoms with E-state index >= 15 is 0 Å². The summed E-state index contributed by atoms with van der Waals surface area (Å²) in [4.78, 5) is 11.6. The molecule has 0 aliphatic carbocycles. The lowest BCUT2D eigenvalue weighted by atomic mass is 10.1. The number of H-pyrrole nitrogens is 1. The number of hydrogen-bond acceptors (Lipinski definition) is 5. The van der Waals surface area contributed by atoms with Crippen LogP contribution < -0.4 is 5.32 Å². The summed E-state index contributed by atoms with van der Waals surface area (Å²) in [5.41, 5.74) is 2.23. The van der Waals surface area contributed by atoms with E-state index in [4.69, 9.17) is 21.4 Å². The average molecular weight is 408 g/mol. The van der Waals surface area contributed by atoms with Gasteiger partial charge in [0.1, 0.15) is 0 Å². The van der Waals surface area contributed by atoms with E-state index < -0.39 is 0 Å². The molecule has 0 saturated carbocycles. The highest BCUT2D eigenvalue weighted by Crippen LogP contribution is 2.24. The lowest BCUT2D eigenvalue weighted by molar-refractivity contribution is 0.565. The number of oxazole rings is 1. The molecule has 0 amide bonds. The van der Waals surface area contributed by atoms with Gasteiger partial charge < -0.3 is 9.40 Å². The number of allylic oxidation sites excluding steroid dienone is 4. The molecule has 3 aromatic rings. The molecule has 0 unspecified atom stereocenters. The van der Waals surface area contributed by atoms with Gasteiger partial charge in [-0.2, -0.15) is 0 Å². The number of rotatable bonds is 10. The molecular weight excluding hydrogens is 386 g/mol. The van der Waals surface area contributed by atoms with Crippen molar-refractivity contribution in [3.63, 3.8) is 0 Å². The minimum absolute atomic E-state index is 0.283. The summed E-state index contributed by atoms with van der Waals surface area (Å²) in [6.07, 6.45) is 12.7. The van der Waals surface area contributed by atoms with Crippen LogP contribution in [0.25, 0.3) is 22.4 Å². The molecule has 0 fully saturated rings. The summed E-state index contributed by atoms with van der Waals surface area (Å²) >= 11 is 5.86. The molecule has 3 N–H and O–H groups in total. The summed E-state index contributed by atoms with van der Waals surface area (Å²) in [5, 5.41) is 12.9. The Labute approximate surface area is 174 Å². The van der Waals surface area contributed by atoms with E-state index in [1.165, 1.54) is 0 Å². The molecule has 0 aliphatic heterocycles. The second-order valence-electron chi connectivity index (χ2n) is 6.17. The summed E-state index contributed by atoms with van der Waals surface area (Å²) in [5.74, 6) is 0.941. The first-order valence-corrected chi connectivity index (χ1v) is 9.53. The van der Waals surface area contributed by atoms with E-state index in [0.717, 1.165) is 29.4 Å². The van der Waals surface area contributed by atoms with Gasteiger partial charge in [-0.1, -0.05) is 30.3 Å². The first-order valence-electron chi connectivity index (χ1n) is 9.15. The van der Waals surface area contributed by atoms with Gasteiger partial charge in [0.2, 0.25) is 5.89 Å². The van der Waals surface area contributed by atoms with E-state index in [9.17, 15) is 0 Å². The van der Waals surface area contributed by atoms with Crippen molar-refractivity contribution in [1.82, 2.24) is 15.3 Å². The van der Waals surface area contributed by atoms with Gasteiger partial charge in [0, 0.05) is 35.4 Å². The molecule has 0 bridgehead atoms. The van der Waals surface area contributed by atoms with Crippen LogP contribution in [0.3, 0.4) is 0 Å². The first kappa shape index (κ1) is 20.5. The Hall–Kier alpha value is -3.22. The van der Waals surface area contributed by atoms with Crippen molar-refractivity contribution < 1.29 is 4.42 Å². The lowest BCUT2D eigenvalue weighted by Gasteiger charge is -1.98. The SMILES string of the molecule is C=CC=C(Cl)C=NCNCC/C=C\C(=N)c1cnc(-c2ccc3[nH]ccc3c2)o1. The summed E-state index contributed by atoms with van der Waals surface area (Å²) < 4.78 is 5.75. The molecule has 0 saturated heterocycles. The van der Waals surface area contributed by atoms with Gasteiger partial charge in [-0.15, -0.1) is 0 Å². The minimum Gasteiger partial charge on any atom is -0.435 e. The van der Waals surface area contributed by atoms with Crippen LogP contribution in [-0.2, 0) is 0 Å². The molecule has 2 aromatic heterocycles. The molecule has 7 heteroatoms. The molecule has 29 heavy (non-hydrogen) atoms. The normalized spacial score (nSPS) is 12.4. The van der Waals surface area contributed by atoms with Crippen LogP contribution in [-0.4, -0.2) is 35.1 Å². The van der Waals surface area contributed by atoms with E-state index in [-0.39, 0.29) is 5.71 Å². The second-order valence-corrected chi connectivity index (χ2v) is 6.61. The predicted octanol–water partition coefficient (Wildman–Crippen LogP) is 5.06. The summed E-state index contributed by atoms with van der Waals surface area (Å²) in [6, 6.07) is 7.94. The summed E-state index contributed by atoms with van der Waals surface area (Å²) in [6.45, 7) is 4.78. The van der Waals surface area contributed by atoms with Crippen LogP contribution in [0.4, 0.5) is 0 Å². The maximum absolute atomic E-state index is 8.15. The average Bonchev–Trinajstić information content (AvgIpc) is 3.39. The third-order valence-corrected chi connectivity index (χ3v) is 4.26. The largest absolute Gasteiger partial charge is 0.435 e. The smallest absolute Gasteiger partial charge is 0.226 e. The quantitative estimate of drug-likeness (QED) is 0.249. The lowest BCUT2D eigenvalue weighted by Crippen LogP contribution is -2.14. The Morgan fingerprint density at radius 2 is 2.28 bits per heavy atom. The Balaban J connectivity index is 1.46. The van der Waals surface area contributed by atoms with E-state index in [0.29, 0.717) is 23.4 Å². The van der Waals surface area contributed by atoms with E-state index in [1.54, 1.807) is 30.6 Å². The van der Waals surface area contributed by atoms with Crippen LogP contribution >= 0.6 is 11.6 Å². The molecule has 148 valence electrons. The Kier molecular flexibility index (Phi) is 7.33. The monoisotopic (exact) mass is 407 g/mol. The zero-order chi connectivity index (χ0) is 20.5. The molecule has 6 nitrogen and oxygen atoms in total.